The van der Waals surface area contributed by atoms with Gasteiger partial charge in [0.05, 0.1) is 4.92 Å². The van der Waals surface area contributed by atoms with Crippen LogP contribution >= 0.6 is 11.8 Å². The topological polar surface area (TPSA) is 61.6 Å². The number of hydrogen-bond donors (Lipinski definition) is 0. The number of benzene rings is 1. The molecule has 0 heterocycles. The fourth-order valence-corrected chi connectivity index (χ4v) is 2.31. The van der Waals surface area contributed by atoms with Gasteiger partial charge in [-0.05, 0) is 6.07 Å². The fourth-order valence-electron chi connectivity index (χ4n) is 1.30. The van der Waals surface area contributed by atoms with E-state index in [1.54, 1.807) is 23.9 Å². The van der Waals surface area contributed by atoms with Crippen LogP contribution in [-0.4, -0.2) is 23.6 Å². The van der Waals surface area contributed by atoms with E-state index >= 15 is 0 Å². The van der Waals surface area contributed by atoms with Crippen LogP contribution in [0.4, 0.5) is 5.69 Å². The summed E-state index contributed by atoms with van der Waals surface area (Å²) in [5.74, 6) is 0.233. The number of ether oxygens (including phenoxy) is 2. The zero-order chi connectivity index (χ0) is 13.8. The summed E-state index contributed by atoms with van der Waals surface area (Å²) in [4.78, 5) is 11.3. The van der Waals surface area contributed by atoms with E-state index in [2.05, 4.69) is 20.8 Å². The average molecular weight is 271 g/mol. The van der Waals surface area contributed by atoms with Crippen molar-refractivity contribution in [1.82, 2.24) is 0 Å². The summed E-state index contributed by atoms with van der Waals surface area (Å²) in [7, 11) is 1.47. The Kier molecular flexibility index (Phi) is 4.98. The Morgan fingerprint density at radius 1 is 1.39 bits per heavy atom. The van der Waals surface area contributed by atoms with E-state index in [0.29, 0.717) is 0 Å². The Labute approximate surface area is 111 Å². The van der Waals surface area contributed by atoms with Gasteiger partial charge in [-0.2, -0.15) is 0 Å². The Bertz CT molecular complexity index is 429. The van der Waals surface area contributed by atoms with Gasteiger partial charge in [0.2, 0.25) is 5.75 Å². The molecule has 0 aliphatic rings. The number of methoxy groups -OCH3 is 1. The zero-order valence-electron chi connectivity index (χ0n) is 10.9. The maximum absolute atomic E-state index is 10.9. The van der Waals surface area contributed by atoms with E-state index in [-0.39, 0.29) is 23.0 Å². The minimum Gasteiger partial charge on any atom is -0.460 e. The van der Waals surface area contributed by atoms with Crippen LogP contribution in [-0.2, 0) is 4.74 Å². The van der Waals surface area contributed by atoms with E-state index in [1.807, 2.05) is 0 Å². The minimum atomic E-state index is -0.462. The largest absolute Gasteiger partial charge is 0.460 e. The first-order valence-corrected chi connectivity index (χ1v) is 6.24. The molecule has 0 aromatic heterocycles. The van der Waals surface area contributed by atoms with Gasteiger partial charge in [-0.3, -0.25) is 10.1 Å². The Hall–Kier alpha value is -1.27. The quantitative estimate of drug-likeness (QED) is 0.355. The number of rotatable bonds is 5. The molecule has 1 aromatic rings. The van der Waals surface area contributed by atoms with Crippen LogP contribution in [0.1, 0.15) is 20.8 Å². The molecule has 6 heteroatoms. The van der Waals surface area contributed by atoms with E-state index in [1.165, 1.54) is 13.2 Å². The molecule has 0 radical (unpaired) electrons. The van der Waals surface area contributed by atoms with Crippen molar-refractivity contribution in [1.29, 1.82) is 0 Å². The lowest BCUT2D eigenvalue weighted by Gasteiger charge is -2.17. The molecule has 0 amide bonds. The molecular formula is C12H17NO4S. The Balaban J connectivity index is 3.01. The van der Waals surface area contributed by atoms with Gasteiger partial charge in [0, 0.05) is 28.9 Å². The van der Waals surface area contributed by atoms with E-state index in [4.69, 9.17) is 9.47 Å². The molecule has 0 aliphatic heterocycles. The van der Waals surface area contributed by atoms with Crippen LogP contribution in [0.2, 0.25) is 0 Å². The first-order chi connectivity index (χ1) is 8.33. The summed E-state index contributed by atoms with van der Waals surface area (Å²) in [6.07, 6.45) is 0. The van der Waals surface area contributed by atoms with Gasteiger partial charge in [-0.15, -0.1) is 11.8 Å². The van der Waals surface area contributed by atoms with Gasteiger partial charge in [0.15, 0.2) is 6.79 Å². The molecule has 0 saturated carbocycles. The van der Waals surface area contributed by atoms with Gasteiger partial charge in [-0.1, -0.05) is 20.8 Å². The molecule has 0 bridgehead atoms. The summed E-state index contributed by atoms with van der Waals surface area (Å²) in [6, 6.07) is 4.86. The standard InChI is InChI=1S/C12H17NO4S/c1-12(2,3)18-9-5-6-10(13(14)15)11(7-9)17-8-16-4/h5-7H,8H2,1-4H3. The van der Waals surface area contributed by atoms with Crippen LogP contribution in [0.25, 0.3) is 0 Å². The van der Waals surface area contributed by atoms with Crippen molar-refractivity contribution in [2.24, 2.45) is 0 Å². The highest BCUT2D eigenvalue weighted by Crippen LogP contribution is 2.37. The predicted molar refractivity (Wildman–Crippen MR) is 71.2 cm³/mol. The van der Waals surface area contributed by atoms with Crippen molar-refractivity contribution >= 4 is 17.4 Å². The molecule has 0 aliphatic carbocycles. The van der Waals surface area contributed by atoms with Crippen LogP contribution in [0.3, 0.4) is 0 Å². The third-order valence-electron chi connectivity index (χ3n) is 1.88. The maximum atomic E-state index is 10.9. The minimum absolute atomic E-state index is 0.00945. The number of nitro benzene ring substituents is 1. The van der Waals surface area contributed by atoms with Crippen molar-refractivity contribution < 1.29 is 14.4 Å². The highest BCUT2D eigenvalue weighted by Gasteiger charge is 2.18. The Morgan fingerprint density at radius 3 is 2.56 bits per heavy atom. The molecule has 100 valence electrons. The fraction of sp³-hybridized carbons (Fsp3) is 0.500. The van der Waals surface area contributed by atoms with E-state index < -0.39 is 4.92 Å². The smallest absolute Gasteiger partial charge is 0.311 e. The second kappa shape index (κ2) is 6.06. The normalized spacial score (nSPS) is 11.3. The lowest BCUT2D eigenvalue weighted by atomic mass is 10.3. The molecule has 18 heavy (non-hydrogen) atoms. The van der Waals surface area contributed by atoms with Crippen LogP contribution in [0.15, 0.2) is 23.1 Å². The van der Waals surface area contributed by atoms with Crippen LogP contribution < -0.4 is 4.74 Å². The third-order valence-corrected chi connectivity index (χ3v) is 2.99. The summed E-state index contributed by atoms with van der Waals surface area (Å²) in [5.41, 5.74) is -0.0506. The van der Waals surface area contributed by atoms with Gasteiger partial charge in [0.25, 0.3) is 0 Å². The molecule has 0 N–H and O–H groups in total. The van der Waals surface area contributed by atoms with Crippen LogP contribution in [0, 0.1) is 10.1 Å². The Morgan fingerprint density at radius 2 is 2.06 bits per heavy atom. The third kappa shape index (κ3) is 4.54. The zero-order valence-corrected chi connectivity index (χ0v) is 11.7. The molecular weight excluding hydrogens is 254 g/mol. The first kappa shape index (κ1) is 14.8. The second-order valence-corrected chi connectivity index (χ2v) is 6.55. The number of nitro groups is 1. The SMILES string of the molecule is COCOc1cc(SC(C)(C)C)ccc1[N+](=O)[O-]. The van der Waals surface area contributed by atoms with Crippen LogP contribution in [0.5, 0.6) is 5.75 Å². The van der Waals surface area contributed by atoms with Crippen molar-refractivity contribution in [3.63, 3.8) is 0 Å². The lowest BCUT2D eigenvalue weighted by molar-refractivity contribution is -0.386. The molecule has 0 fully saturated rings. The number of nitrogens with zero attached hydrogens (tertiary/aromatic N) is 1. The predicted octanol–water partition coefficient (Wildman–Crippen LogP) is 3.47. The molecule has 1 rings (SSSR count). The summed E-state index contributed by atoms with van der Waals surface area (Å²) in [5, 5.41) is 10.9. The molecule has 0 atom stereocenters. The van der Waals surface area contributed by atoms with Crippen molar-refractivity contribution in [2.45, 2.75) is 30.4 Å². The van der Waals surface area contributed by atoms with E-state index in [9.17, 15) is 10.1 Å². The van der Waals surface area contributed by atoms with Gasteiger partial charge in [-0.25, -0.2) is 0 Å². The van der Waals surface area contributed by atoms with Crippen molar-refractivity contribution in [2.75, 3.05) is 13.9 Å². The molecule has 1 aromatic carbocycles. The summed E-state index contributed by atoms with van der Waals surface area (Å²) in [6.45, 7) is 6.22. The second-order valence-electron chi connectivity index (χ2n) is 4.65. The van der Waals surface area contributed by atoms with E-state index in [0.717, 1.165) is 4.90 Å². The first-order valence-electron chi connectivity index (χ1n) is 5.42. The monoisotopic (exact) mass is 271 g/mol. The molecule has 0 spiro atoms. The van der Waals surface area contributed by atoms with Gasteiger partial charge >= 0.3 is 5.69 Å². The molecule has 5 nitrogen and oxygen atoms in total. The summed E-state index contributed by atoms with van der Waals surface area (Å²) < 4.78 is 10.0. The average Bonchev–Trinajstić information content (AvgIpc) is 2.23. The number of hydrogen-bond acceptors (Lipinski definition) is 5. The molecule has 0 unspecified atom stereocenters. The van der Waals surface area contributed by atoms with Crippen molar-refractivity contribution in [3.05, 3.63) is 28.3 Å². The lowest BCUT2D eigenvalue weighted by Crippen LogP contribution is -2.07. The van der Waals surface area contributed by atoms with Gasteiger partial charge in [0.1, 0.15) is 0 Å². The number of thioether (sulfide) groups is 1. The van der Waals surface area contributed by atoms with Gasteiger partial charge < -0.3 is 9.47 Å². The maximum Gasteiger partial charge on any atom is 0.311 e. The highest BCUT2D eigenvalue weighted by atomic mass is 32.2. The highest BCUT2D eigenvalue weighted by molar-refractivity contribution is 8.00. The van der Waals surface area contributed by atoms with Crippen molar-refractivity contribution in [3.8, 4) is 5.75 Å². The molecule has 0 saturated heterocycles. The summed E-state index contributed by atoms with van der Waals surface area (Å²) >= 11 is 1.63.